The van der Waals surface area contributed by atoms with Gasteiger partial charge in [0.15, 0.2) is 7.14 Å². The number of carbonyl (C=O) groups is 1. The standard InChI is InChI=1S/C22H19BrNO4P/c23-17-13-11-16(12-14-17)20(24-27)15-21(22(25)26)29(28,18-7-3-1-4-8-18)19-9-5-2-6-10-19/h1-14,21,27H,15H2,(H,25,26)/b24-20+/t21-/m1/s1. The quantitative estimate of drug-likeness (QED) is 0.230. The molecule has 1 atom stereocenters. The van der Waals surface area contributed by atoms with Crippen LogP contribution in [0.1, 0.15) is 12.0 Å². The van der Waals surface area contributed by atoms with Gasteiger partial charge in [0.1, 0.15) is 5.66 Å². The van der Waals surface area contributed by atoms with Gasteiger partial charge < -0.3 is 14.9 Å². The zero-order chi connectivity index (χ0) is 20.9. The average Bonchev–Trinajstić information content (AvgIpc) is 2.76. The van der Waals surface area contributed by atoms with Gasteiger partial charge in [-0.2, -0.15) is 0 Å². The maximum Gasteiger partial charge on any atom is 0.315 e. The van der Waals surface area contributed by atoms with Crippen molar-refractivity contribution in [3.8, 4) is 0 Å². The van der Waals surface area contributed by atoms with Crippen LogP contribution in [0, 0.1) is 0 Å². The molecule has 0 radical (unpaired) electrons. The molecule has 0 amide bonds. The minimum Gasteiger partial charge on any atom is -0.481 e. The van der Waals surface area contributed by atoms with E-state index in [1.807, 2.05) is 0 Å². The molecule has 0 aliphatic rings. The van der Waals surface area contributed by atoms with Crippen LogP contribution >= 0.6 is 23.1 Å². The molecule has 0 saturated heterocycles. The number of oxime groups is 1. The topological polar surface area (TPSA) is 87.0 Å². The molecule has 0 spiro atoms. The molecule has 0 bridgehead atoms. The molecule has 3 aromatic rings. The van der Waals surface area contributed by atoms with Crippen LogP contribution in [0.5, 0.6) is 0 Å². The Balaban J connectivity index is 2.12. The predicted octanol–water partition coefficient (Wildman–Crippen LogP) is 4.48. The summed E-state index contributed by atoms with van der Waals surface area (Å²) in [4.78, 5) is 12.3. The highest BCUT2D eigenvalue weighted by Crippen LogP contribution is 2.50. The lowest BCUT2D eigenvalue weighted by Crippen LogP contribution is -2.33. The van der Waals surface area contributed by atoms with Crippen LogP contribution in [0.25, 0.3) is 0 Å². The minimum absolute atomic E-state index is 0.164. The number of benzene rings is 3. The van der Waals surface area contributed by atoms with Crippen molar-refractivity contribution >= 4 is 45.4 Å². The molecule has 0 aliphatic carbocycles. The Morgan fingerprint density at radius 1 is 0.897 bits per heavy atom. The van der Waals surface area contributed by atoms with E-state index in [1.54, 1.807) is 84.9 Å². The first-order chi connectivity index (χ1) is 14.0. The van der Waals surface area contributed by atoms with Gasteiger partial charge in [0.05, 0.1) is 5.71 Å². The number of halogens is 1. The van der Waals surface area contributed by atoms with Gasteiger partial charge in [-0.05, 0) is 17.7 Å². The van der Waals surface area contributed by atoms with Crippen molar-refractivity contribution in [1.82, 2.24) is 0 Å². The zero-order valence-corrected chi connectivity index (χ0v) is 17.8. The summed E-state index contributed by atoms with van der Waals surface area (Å²) >= 11 is 3.34. The van der Waals surface area contributed by atoms with E-state index in [2.05, 4.69) is 21.1 Å². The van der Waals surface area contributed by atoms with Crippen molar-refractivity contribution in [2.75, 3.05) is 0 Å². The molecule has 0 aliphatic heterocycles. The van der Waals surface area contributed by atoms with Crippen LogP contribution in [-0.4, -0.2) is 27.7 Å². The van der Waals surface area contributed by atoms with Crippen LogP contribution in [0.2, 0.25) is 0 Å². The Morgan fingerprint density at radius 2 is 1.38 bits per heavy atom. The smallest absolute Gasteiger partial charge is 0.315 e. The molecule has 3 aromatic carbocycles. The Hall–Kier alpha value is -2.69. The molecule has 2 N–H and O–H groups in total. The van der Waals surface area contributed by atoms with Gasteiger partial charge in [0.2, 0.25) is 0 Å². The molecule has 0 fully saturated rings. The number of carboxylic acids is 1. The second kappa shape index (κ2) is 9.21. The third kappa shape index (κ3) is 4.50. The van der Waals surface area contributed by atoms with Crippen molar-refractivity contribution in [2.24, 2.45) is 5.16 Å². The van der Waals surface area contributed by atoms with Crippen molar-refractivity contribution in [3.63, 3.8) is 0 Å². The second-order valence-corrected chi connectivity index (χ2v) is 10.3. The first-order valence-corrected chi connectivity index (χ1v) is 11.4. The van der Waals surface area contributed by atoms with Crippen molar-refractivity contribution in [3.05, 3.63) is 95.0 Å². The number of aliphatic carboxylic acids is 1. The Bertz CT molecular complexity index is 1010. The fourth-order valence-corrected chi connectivity index (χ4v) is 6.47. The first-order valence-electron chi connectivity index (χ1n) is 8.87. The summed E-state index contributed by atoms with van der Waals surface area (Å²) in [7, 11) is -3.59. The molecule has 29 heavy (non-hydrogen) atoms. The molecule has 7 heteroatoms. The summed E-state index contributed by atoms with van der Waals surface area (Å²) in [6.07, 6.45) is -0.186. The molecular formula is C22H19BrNO4P. The lowest BCUT2D eigenvalue weighted by Gasteiger charge is -2.26. The maximum atomic E-state index is 14.4. The summed E-state index contributed by atoms with van der Waals surface area (Å²) in [5, 5.41) is 23.9. The minimum atomic E-state index is -3.59. The molecule has 0 heterocycles. The van der Waals surface area contributed by atoms with Gasteiger partial charge in [-0.1, -0.05) is 93.9 Å². The zero-order valence-electron chi connectivity index (χ0n) is 15.4. The van der Waals surface area contributed by atoms with Gasteiger partial charge in [-0.3, -0.25) is 4.79 Å². The van der Waals surface area contributed by atoms with E-state index < -0.39 is 18.8 Å². The Kier molecular flexibility index (Phi) is 6.68. The molecule has 0 saturated carbocycles. The number of hydrogen-bond donors (Lipinski definition) is 2. The van der Waals surface area contributed by atoms with E-state index in [4.69, 9.17) is 0 Å². The van der Waals surface area contributed by atoms with Gasteiger partial charge in [-0.15, -0.1) is 0 Å². The van der Waals surface area contributed by atoms with Gasteiger partial charge in [-0.25, -0.2) is 0 Å². The van der Waals surface area contributed by atoms with E-state index in [1.165, 1.54) is 0 Å². The number of rotatable bonds is 7. The normalized spacial score (nSPS) is 13.1. The molecule has 0 unspecified atom stereocenters. The molecule has 148 valence electrons. The van der Waals surface area contributed by atoms with Crippen molar-refractivity contribution in [2.45, 2.75) is 12.1 Å². The van der Waals surface area contributed by atoms with E-state index in [0.29, 0.717) is 16.2 Å². The Morgan fingerprint density at radius 3 is 1.79 bits per heavy atom. The summed E-state index contributed by atoms with van der Waals surface area (Å²) in [5.74, 6) is -1.21. The van der Waals surface area contributed by atoms with Crippen LogP contribution in [-0.2, 0) is 9.36 Å². The summed E-state index contributed by atoms with van der Waals surface area (Å²) < 4.78 is 15.2. The highest BCUT2D eigenvalue weighted by molar-refractivity contribution is 9.10. The van der Waals surface area contributed by atoms with Crippen LogP contribution in [0.15, 0.2) is 94.6 Å². The Labute approximate surface area is 177 Å². The SMILES string of the molecule is O=C(O)[C@@H](C/C(=N\O)c1ccc(Br)cc1)P(=O)(c1ccccc1)c1ccccc1. The van der Waals surface area contributed by atoms with Crippen LogP contribution in [0.4, 0.5) is 0 Å². The third-order valence-corrected chi connectivity index (χ3v) is 8.63. The fraction of sp³-hybridized carbons (Fsp3) is 0.0909. The highest BCUT2D eigenvalue weighted by atomic mass is 79.9. The monoisotopic (exact) mass is 471 g/mol. The summed E-state index contributed by atoms with van der Waals surface area (Å²) in [5.41, 5.74) is -0.562. The largest absolute Gasteiger partial charge is 0.481 e. The van der Waals surface area contributed by atoms with E-state index in [-0.39, 0.29) is 12.1 Å². The first kappa shape index (κ1) is 21.0. The highest BCUT2D eigenvalue weighted by Gasteiger charge is 2.42. The summed E-state index contributed by atoms with van der Waals surface area (Å²) in [6.45, 7) is 0. The number of nitrogens with zero attached hydrogens (tertiary/aromatic N) is 1. The van der Waals surface area contributed by atoms with E-state index in [0.717, 1.165) is 4.47 Å². The molecule has 3 rings (SSSR count). The van der Waals surface area contributed by atoms with Gasteiger partial charge >= 0.3 is 5.97 Å². The van der Waals surface area contributed by atoms with E-state index in [9.17, 15) is 19.7 Å². The maximum absolute atomic E-state index is 14.4. The second-order valence-electron chi connectivity index (χ2n) is 6.44. The lowest BCUT2D eigenvalue weighted by molar-refractivity contribution is -0.136. The van der Waals surface area contributed by atoms with E-state index >= 15 is 0 Å². The predicted molar refractivity (Wildman–Crippen MR) is 118 cm³/mol. The van der Waals surface area contributed by atoms with Gasteiger partial charge in [0.25, 0.3) is 0 Å². The third-order valence-electron chi connectivity index (χ3n) is 4.69. The molecule has 5 nitrogen and oxygen atoms in total. The van der Waals surface area contributed by atoms with Crippen molar-refractivity contribution in [1.29, 1.82) is 0 Å². The number of carboxylic acid groups (broad SMARTS) is 1. The van der Waals surface area contributed by atoms with Crippen LogP contribution < -0.4 is 10.6 Å². The van der Waals surface area contributed by atoms with Crippen molar-refractivity contribution < 1.29 is 19.7 Å². The average molecular weight is 472 g/mol. The van der Waals surface area contributed by atoms with Gasteiger partial charge in [0, 0.05) is 21.5 Å². The lowest BCUT2D eigenvalue weighted by atomic mass is 10.1. The molecular weight excluding hydrogens is 453 g/mol. The van der Waals surface area contributed by atoms with Crippen LogP contribution in [0.3, 0.4) is 0 Å². The fourth-order valence-electron chi connectivity index (χ4n) is 3.22. The number of hydrogen-bond acceptors (Lipinski definition) is 4. The summed E-state index contributed by atoms with van der Waals surface area (Å²) in [6, 6.07) is 24.2. The molecule has 0 aromatic heterocycles.